The maximum atomic E-state index is 12.6. The van der Waals surface area contributed by atoms with Gasteiger partial charge < -0.3 is 15.2 Å². The summed E-state index contributed by atoms with van der Waals surface area (Å²) in [5.74, 6) is -2.17. The van der Waals surface area contributed by atoms with Gasteiger partial charge in [-0.3, -0.25) is 24.2 Å². The van der Waals surface area contributed by atoms with E-state index in [0.717, 1.165) is 5.56 Å². The van der Waals surface area contributed by atoms with Crippen LogP contribution in [0.25, 0.3) is 11.3 Å². The Balaban J connectivity index is 1.54. The lowest BCUT2D eigenvalue weighted by Gasteiger charge is -2.13. The second-order valence-corrected chi connectivity index (χ2v) is 8.25. The summed E-state index contributed by atoms with van der Waals surface area (Å²) in [7, 11) is 0. The predicted molar refractivity (Wildman–Crippen MR) is 124 cm³/mol. The third-order valence-electron chi connectivity index (χ3n) is 4.98. The molecule has 0 aliphatic rings. The van der Waals surface area contributed by atoms with E-state index in [1.807, 2.05) is 19.1 Å². The van der Waals surface area contributed by atoms with Crippen molar-refractivity contribution in [2.45, 2.75) is 45.4 Å². The molecule has 0 bridgehead atoms. The molecule has 3 rings (SSSR count). The molecule has 1 unspecified atom stereocenters. The number of aromatic amines is 1. The molecule has 182 valence electrons. The van der Waals surface area contributed by atoms with Crippen molar-refractivity contribution in [1.29, 1.82) is 5.26 Å². The topological polar surface area (TPSA) is 163 Å². The Bertz CT molecular complexity index is 1280. The van der Waals surface area contributed by atoms with E-state index in [9.17, 15) is 14.4 Å². The van der Waals surface area contributed by atoms with E-state index in [2.05, 4.69) is 20.6 Å². The van der Waals surface area contributed by atoms with Gasteiger partial charge >= 0.3 is 11.9 Å². The van der Waals surface area contributed by atoms with Crippen LogP contribution in [0.3, 0.4) is 0 Å². The highest BCUT2D eigenvalue weighted by atomic mass is 35.5. The van der Waals surface area contributed by atoms with Crippen LogP contribution in [-0.2, 0) is 20.9 Å². The molecule has 2 atom stereocenters. The van der Waals surface area contributed by atoms with Crippen molar-refractivity contribution < 1.29 is 24.2 Å². The van der Waals surface area contributed by atoms with Gasteiger partial charge in [-0.25, -0.2) is 0 Å². The van der Waals surface area contributed by atoms with Crippen molar-refractivity contribution in [3.8, 4) is 17.3 Å². The molecule has 0 fully saturated rings. The number of nitrogens with one attached hydrogen (secondary N) is 2. The van der Waals surface area contributed by atoms with Crippen LogP contribution in [0.15, 0.2) is 36.5 Å². The van der Waals surface area contributed by atoms with Gasteiger partial charge in [0.1, 0.15) is 17.9 Å². The first-order valence-corrected chi connectivity index (χ1v) is 11.0. The zero-order chi connectivity index (χ0) is 25.5. The van der Waals surface area contributed by atoms with Gasteiger partial charge in [0.15, 0.2) is 0 Å². The number of carbonyl (C=O) groups is 3. The van der Waals surface area contributed by atoms with Gasteiger partial charge in [0.2, 0.25) is 0 Å². The normalized spacial score (nSPS) is 12.4. The molecule has 2 heterocycles. The number of nitrogens with zero attached hydrogens (tertiary/aromatic N) is 4. The molecular weight excluding hydrogens is 476 g/mol. The lowest BCUT2D eigenvalue weighted by Crippen LogP contribution is -2.36. The highest BCUT2D eigenvalue weighted by Crippen LogP contribution is 2.24. The fraction of sp³-hybridized carbons (Fsp3) is 0.304. The molecule has 3 aromatic rings. The number of ether oxygens (including phenoxy) is 1. The number of hydrogen-bond acceptors (Lipinski definition) is 7. The Labute approximate surface area is 205 Å². The number of aromatic nitrogens is 4. The van der Waals surface area contributed by atoms with E-state index in [-0.39, 0.29) is 24.6 Å². The Kier molecular flexibility index (Phi) is 8.22. The van der Waals surface area contributed by atoms with E-state index >= 15 is 0 Å². The van der Waals surface area contributed by atoms with E-state index in [4.69, 9.17) is 26.7 Å². The quantitative estimate of drug-likeness (QED) is 0.359. The second-order valence-electron chi connectivity index (χ2n) is 7.84. The highest BCUT2D eigenvalue weighted by Gasteiger charge is 2.19. The first-order valence-electron chi connectivity index (χ1n) is 10.7. The molecule has 35 heavy (non-hydrogen) atoms. The van der Waals surface area contributed by atoms with Gasteiger partial charge in [-0.2, -0.15) is 15.5 Å². The first-order chi connectivity index (χ1) is 16.7. The summed E-state index contributed by atoms with van der Waals surface area (Å²) in [4.78, 5) is 34.8. The number of benzene rings is 1. The molecule has 0 radical (unpaired) electrons. The smallest absolute Gasteiger partial charge is 0.307 e. The molecule has 0 aliphatic carbocycles. The number of aliphatic carboxylic acids is 1. The van der Waals surface area contributed by atoms with Crippen LogP contribution in [-0.4, -0.2) is 49.0 Å². The second kappa shape index (κ2) is 11.3. The van der Waals surface area contributed by atoms with Gasteiger partial charge in [-0.1, -0.05) is 17.7 Å². The number of carbonyl (C=O) groups excluding carboxylic acids is 2. The van der Waals surface area contributed by atoms with E-state index < -0.39 is 23.9 Å². The minimum Gasteiger partial charge on any atom is -0.481 e. The number of hydrogen-bond donors (Lipinski definition) is 3. The fourth-order valence-corrected chi connectivity index (χ4v) is 3.42. The van der Waals surface area contributed by atoms with Crippen molar-refractivity contribution >= 4 is 29.4 Å². The Morgan fingerprint density at radius 2 is 2.03 bits per heavy atom. The number of esters is 1. The Morgan fingerprint density at radius 1 is 1.26 bits per heavy atom. The van der Waals surface area contributed by atoms with Crippen molar-refractivity contribution in [1.82, 2.24) is 25.3 Å². The molecule has 1 aromatic carbocycles. The standard InChI is InChI=1S/C23H23ClN6O5/c1-13(12-30-8-7-18(29-30)15-3-4-16(11-25)17(24)9-15)26-23(34)20-10-19(27-28-20)14(2)35-22(33)6-5-21(31)32/h3-4,7-10,13-14H,5-6,12H2,1-2H3,(H,26,34)(H,27,28)(H,31,32)/t13-,14?/m0/s1. The lowest BCUT2D eigenvalue weighted by atomic mass is 10.1. The zero-order valence-corrected chi connectivity index (χ0v) is 19.7. The molecular formula is C23H23ClN6O5. The lowest BCUT2D eigenvalue weighted by molar-refractivity contribution is -0.151. The zero-order valence-electron chi connectivity index (χ0n) is 19.0. The van der Waals surface area contributed by atoms with Gasteiger partial charge in [0, 0.05) is 17.8 Å². The molecule has 0 aliphatic heterocycles. The summed E-state index contributed by atoms with van der Waals surface area (Å²) < 4.78 is 6.84. The summed E-state index contributed by atoms with van der Waals surface area (Å²) in [6.45, 7) is 3.80. The number of amides is 1. The monoisotopic (exact) mass is 498 g/mol. The summed E-state index contributed by atoms with van der Waals surface area (Å²) in [6.07, 6.45) is 0.489. The molecule has 11 nitrogen and oxygen atoms in total. The SMILES string of the molecule is CC(OC(=O)CCC(=O)O)c1cc(C(=O)N[C@@H](C)Cn2ccc(-c3ccc(C#N)c(Cl)c3)n2)n[nH]1. The van der Waals surface area contributed by atoms with Crippen molar-refractivity contribution in [3.63, 3.8) is 0 Å². The number of carboxylic acid groups (broad SMARTS) is 1. The largest absolute Gasteiger partial charge is 0.481 e. The van der Waals surface area contributed by atoms with Crippen LogP contribution in [0.2, 0.25) is 5.02 Å². The summed E-state index contributed by atoms with van der Waals surface area (Å²) in [6, 6.07) is 10.1. The Hall–Kier alpha value is -4.17. The van der Waals surface area contributed by atoms with Crippen LogP contribution < -0.4 is 5.32 Å². The van der Waals surface area contributed by atoms with Gasteiger partial charge in [-0.05, 0) is 38.1 Å². The van der Waals surface area contributed by atoms with E-state index in [1.165, 1.54) is 6.07 Å². The molecule has 12 heteroatoms. The van der Waals surface area contributed by atoms with Crippen LogP contribution in [0, 0.1) is 11.3 Å². The maximum absolute atomic E-state index is 12.6. The van der Waals surface area contributed by atoms with Gasteiger partial charge in [0.05, 0.1) is 41.4 Å². The van der Waals surface area contributed by atoms with Crippen molar-refractivity contribution in [2.24, 2.45) is 0 Å². The van der Waals surface area contributed by atoms with Crippen LogP contribution >= 0.6 is 11.6 Å². The van der Waals surface area contributed by atoms with Crippen LogP contribution in [0.5, 0.6) is 0 Å². The first kappa shape index (κ1) is 25.5. The van der Waals surface area contributed by atoms with Gasteiger partial charge in [0.25, 0.3) is 5.91 Å². The highest BCUT2D eigenvalue weighted by molar-refractivity contribution is 6.32. The number of halogens is 1. The third-order valence-corrected chi connectivity index (χ3v) is 5.30. The summed E-state index contributed by atoms with van der Waals surface area (Å²) in [5.41, 5.74) is 2.36. The van der Waals surface area contributed by atoms with Crippen molar-refractivity contribution in [3.05, 3.63) is 58.5 Å². The third kappa shape index (κ3) is 6.91. The van der Waals surface area contributed by atoms with E-state index in [0.29, 0.717) is 28.5 Å². The number of carboxylic acids is 1. The number of H-pyrrole nitrogens is 1. The summed E-state index contributed by atoms with van der Waals surface area (Å²) >= 11 is 6.10. The molecule has 1 amide bonds. The van der Waals surface area contributed by atoms with Gasteiger partial charge in [-0.15, -0.1) is 0 Å². The molecule has 0 saturated heterocycles. The molecule has 0 saturated carbocycles. The predicted octanol–water partition coefficient (Wildman–Crippen LogP) is 3.09. The van der Waals surface area contributed by atoms with Crippen LogP contribution in [0.4, 0.5) is 0 Å². The summed E-state index contributed by atoms with van der Waals surface area (Å²) in [5, 5.41) is 31.9. The number of nitriles is 1. The molecule has 0 spiro atoms. The van der Waals surface area contributed by atoms with E-state index in [1.54, 1.807) is 36.0 Å². The minimum atomic E-state index is -1.09. The van der Waals surface area contributed by atoms with Crippen molar-refractivity contribution in [2.75, 3.05) is 0 Å². The minimum absolute atomic E-state index is 0.119. The maximum Gasteiger partial charge on any atom is 0.307 e. The average Bonchev–Trinajstić information content (AvgIpc) is 3.48. The molecule has 2 aromatic heterocycles. The molecule has 3 N–H and O–H groups in total. The van der Waals surface area contributed by atoms with Crippen LogP contribution in [0.1, 0.15) is 54.5 Å². The Morgan fingerprint density at radius 3 is 2.71 bits per heavy atom. The number of rotatable bonds is 10. The fourth-order valence-electron chi connectivity index (χ4n) is 3.20. The average molecular weight is 499 g/mol.